The van der Waals surface area contributed by atoms with Gasteiger partial charge in [0.1, 0.15) is 0 Å². The van der Waals surface area contributed by atoms with Gasteiger partial charge in [-0.25, -0.2) is 0 Å². The average molecular weight is 195 g/mol. The summed E-state index contributed by atoms with van der Waals surface area (Å²) in [5, 5.41) is 3.62. The summed E-state index contributed by atoms with van der Waals surface area (Å²) in [5.74, 6) is 0.722. The van der Waals surface area contributed by atoms with Gasteiger partial charge in [0.2, 0.25) is 0 Å². The van der Waals surface area contributed by atoms with Crippen molar-refractivity contribution >= 4 is 0 Å². The molecule has 1 aliphatic heterocycles. The van der Waals surface area contributed by atoms with Gasteiger partial charge in [-0.3, -0.25) is 0 Å². The molecule has 80 valence electrons. The lowest BCUT2D eigenvalue weighted by molar-refractivity contribution is 0.180. The van der Waals surface area contributed by atoms with Gasteiger partial charge >= 0.3 is 0 Å². The van der Waals surface area contributed by atoms with Crippen LogP contribution in [0.3, 0.4) is 0 Å². The van der Waals surface area contributed by atoms with Gasteiger partial charge in [0.15, 0.2) is 0 Å². The van der Waals surface area contributed by atoms with Crippen LogP contribution in [0.5, 0.6) is 0 Å². The lowest BCUT2D eigenvalue weighted by Crippen LogP contribution is -2.37. The van der Waals surface area contributed by atoms with Gasteiger partial charge in [-0.05, 0) is 32.2 Å². The summed E-state index contributed by atoms with van der Waals surface area (Å²) in [6.45, 7) is 5.17. The highest BCUT2D eigenvalue weighted by Gasteiger charge is 2.28. The summed E-state index contributed by atoms with van der Waals surface area (Å²) in [4.78, 5) is 0. The number of ether oxygens (including phenoxy) is 1. The minimum absolute atomic E-state index is 0.602. The Labute approximate surface area is 86.7 Å². The molecule has 0 aromatic carbocycles. The lowest BCUT2D eigenvalue weighted by Gasteiger charge is -2.24. The molecule has 1 aliphatic carbocycles. The first kappa shape index (κ1) is 10.2. The molecule has 1 saturated heterocycles. The summed E-state index contributed by atoms with van der Waals surface area (Å²) in [6.07, 6.45) is 7.60. The number of hydrogen-bond donors (Lipinski definition) is 1. The molecule has 1 fully saturated rings. The lowest BCUT2D eigenvalue weighted by atomic mass is 9.91. The third-order valence-electron chi connectivity index (χ3n) is 3.34. The molecule has 0 bridgehead atoms. The molecule has 2 nitrogen and oxygen atoms in total. The molecular formula is C12H21NO. The highest BCUT2D eigenvalue weighted by Crippen LogP contribution is 2.28. The standard InChI is InChI=1S/C12H21NO/c1-2-13-12(10-5-3-4-6-10)11-7-8-14-9-11/h5,11-13H,2-4,6-9H2,1H3. The van der Waals surface area contributed by atoms with E-state index < -0.39 is 0 Å². The number of nitrogens with one attached hydrogen (secondary N) is 1. The van der Waals surface area contributed by atoms with Crippen LogP contribution in [-0.4, -0.2) is 25.8 Å². The zero-order chi connectivity index (χ0) is 9.80. The molecule has 2 atom stereocenters. The molecule has 0 amide bonds. The molecule has 0 spiro atoms. The van der Waals surface area contributed by atoms with Crippen molar-refractivity contribution in [3.63, 3.8) is 0 Å². The van der Waals surface area contributed by atoms with Crippen molar-refractivity contribution in [1.82, 2.24) is 5.32 Å². The molecule has 2 rings (SSSR count). The molecule has 2 heteroatoms. The predicted molar refractivity (Wildman–Crippen MR) is 58.3 cm³/mol. The van der Waals surface area contributed by atoms with Crippen LogP contribution in [0, 0.1) is 5.92 Å². The minimum Gasteiger partial charge on any atom is -0.381 e. The SMILES string of the molecule is CCNC(C1=CCCC1)C1CCOC1. The fourth-order valence-corrected chi connectivity index (χ4v) is 2.61. The van der Waals surface area contributed by atoms with E-state index in [1.54, 1.807) is 5.57 Å². The van der Waals surface area contributed by atoms with E-state index in [1.807, 2.05) is 0 Å². The van der Waals surface area contributed by atoms with E-state index in [0.29, 0.717) is 6.04 Å². The van der Waals surface area contributed by atoms with Crippen LogP contribution in [0.2, 0.25) is 0 Å². The van der Waals surface area contributed by atoms with Crippen LogP contribution in [0.25, 0.3) is 0 Å². The van der Waals surface area contributed by atoms with Gasteiger partial charge in [-0.1, -0.05) is 18.6 Å². The Balaban J connectivity index is 1.98. The number of likely N-dealkylation sites (N-methyl/N-ethyl adjacent to an activating group) is 1. The molecule has 0 radical (unpaired) electrons. The summed E-state index contributed by atoms with van der Waals surface area (Å²) in [6, 6.07) is 0.602. The molecule has 2 unspecified atom stereocenters. The molecule has 1 N–H and O–H groups in total. The summed E-state index contributed by atoms with van der Waals surface area (Å²) in [5.41, 5.74) is 1.64. The molecule has 0 aromatic rings. The monoisotopic (exact) mass is 195 g/mol. The highest BCUT2D eigenvalue weighted by molar-refractivity contribution is 5.17. The van der Waals surface area contributed by atoms with E-state index >= 15 is 0 Å². The maximum atomic E-state index is 5.48. The van der Waals surface area contributed by atoms with Gasteiger partial charge in [-0.2, -0.15) is 0 Å². The van der Waals surface area contributed by atoms with Crippen LogP contribution in [0.15, 0.2) is 11.6 Å². The Hall–Kier alpha value is -0.340. The molecule has 1 heterocycles. The van der Waals surface area contributed by atoms with Crippen molar-refractivity contribution in [3.8, 4) is 0 Å². The maximum absolute atomic E-state index is 5.48. The Kier molecular flexibility index (Phi) is 3.60. The normalized spacial score (nSPS) is 29.2. The average Bonchev–Trinajstić information content (AvgIpc) is 2.87. The Morgan fingerprint density at radius 2 is 2.57 bits per heavy atom. The first-order valence-corrected chi connectivity index (χ1v) is 5.92. The first-order chi connectivity index (χ1) is 6.92. The fourth-order valence-electron chi connectivity index (χ4n) is 2.61. The van der Waals surface area contributed by atoms with E-state index in [2.05, 4.69) is 18.3 Å². The second-order valence-electron chi connectivity index (χ2n) is 4.33. The van der Waals surface area contributed by atoms with Crippen molar-refractivity contribution in [2.75, 3.05) is 19.8 Å². The van der Waals surface area contributed by atoms with Gasteiger partial charge in [-0.15, -0.1) is 0 Å². The quantitative estimate of drug-likeness (QED) is 0.694. The third kappa shape index (κ3) is 2.18. The number of allylic oxidation sites excluding steroid dienone is 1. The van der Waals surface area contributed by atoms with Crippen molar-refractivity contribution in [2.24, 2.45) is 5.92 Å². The van der Waals surface area contributed by atoms with Crippen molar-refractivity contribution in [3.05, 3.63) is 11.6 Å². The van der Waals surface area contributed by atoms with Crippen LogP contribution in [0.1, 0.15) is 32.6 Å². The van der Waals surface area contributed by atoms with E-state index in [9.17, 15) is 0 Å². The zero-order valence-electron chi connectivity index (χ0n) is 9.09. The Morgan fingerprint density at radius 3 is 3.14 bits per heavy atom. The Bertz CT molecular complexity index is 206. The largest absolute Gasteiger partial charge is 0.381 e. The fraction of sp³-hybridized carbons (Fsp3) is 0.833. The summed E-state index contributed by atoms with van der Waals surface area (Å²) in [7, 11) is 0. The van der Waals surface area contributed by atoms with Gasteiger partial charge in [0, 0.05) is 18.6 Å². The Morgan fingerprint density at radius 1 is 1.64 bits per heavy atom. The molecule has 14 heavy (non-hydrogen) atoms. The zero-order valence-corrected chi connectivity index (χ0v) is 9.09. The molecule has 0 saturated carbocycles. The van der Waals surface area contributed by atoms with Crippen LogP contribution < -0.4 is 5.32 Å². The van der Waals surface area contributed by atoms with Crippen LogP contribution >= 0.6 is 0 Å². The topological polar surface area (TPSA) is 21.3 Å². The van der Waals surface area contributed by atoms with E-state index in [4.69, 9.17) is 4.74 Å². The summed E-state index contributed by atoms with van der Waals surface area (Å²) >= 11 is 0. The van der Waals surface area contributed by atoms with E-state index in [-0.39, 0.29) is 0 Å². The molecule has 2 aliphatic rings. The van der Waals surface area contributed by atoms with E-state index in [0.717, 1.165) is 25.7 Å². The summed E-state index contributed by atoms with van der Waals surface area (Å²) < 4.78 is 5.48. The second kappa shape index (κ2) is 4.94. The van der Waals surface area contributed by atoms with Crippen molar-refractivity contribution < 1.29 is 4.74 Å². The first-order valence-electron chi connectivity index (χ1n) is 5.92. The third-order valence-corrected chi connectivity index (χ3v) is 3.34. The smallest absolute Gasteiger partial charge is 0.0513 e. The number of hydrogen-bond acceptors (Lipinski definition) is 2. The van der Waals surface area contributed by atoms with Crippen molar-refractivity contribution in [1.29, 1.82) is 0 Å². The van der Waals surface area contributed by atoms with E-state index in [1.165, 1.54) is 25.7 Å². The van der Waals surface area contributed by atoms with Crippen LogP contribution in [0.4, 0.5) is 0 Å². The molecule has 0 aromatic heterocycles. The number of rotatable bonds is 4. The van der Waals surface area contributed by atoms with Gasteiger partial charge in [0.05, 0.1) is 6.61 Å². The van der Waals surface area contributed by atoms with Gasteiger partial charge < -0.3 is 10.1 Å². The second-order valence-corrected chi connectivity index (χ2v) is 4.33. The van der Waals surface area contributed by atoms with Gasteiger partial charge in [0.25, 0.3) is 0 Å². The minimum atomic E-state index is 0.602. The molecular weight excluding hydrogens is 174 g/mol. The van der Waals surface area contributed by atoms with Crippen LogP contribution in [-0.2, 0) is 4.74 Å². The predicted octanol–water partition coefficient (Wildman–Crippen LogP) is 2.11. The van der Waals surface area contributed by atoms with Crippen molar-refractivity contribution in [2.45, 2.75) is 38.6 Å². The maximum Gasteiger partial charge on any atom is 0.0513 e. The highest BCUT2D eigenvalue weighted by atomic mass is 16.5.